The van der Waals surface area contributed by atoms with E-state index >= 15 is 0 Å². The molecule has 0 aliphatic heterocycles. The summed E-state index contributed by atoms with van der Waals surface area (Å²) in [6, 6.07) is 13.7. The fourth-order valence-electron chi connectivity index (χ4n) is 3.02. The molecule has 26 heavy (non-hydrogen) atoms. The highest BCUT2D eigenvalue weighted by Crippen LogP contribution is 2.26. The molecule has 2 aromatic heterocycles. The molecular formula is C20H18N4OS. The van der Waals surface area contributed by atoms with Gasteiger partial charge in [0, 0.05) is 6.54 Å². The zero-order valence-corrected chi connectivity index (χ0v) is 15.2. The van der Waals surface area contributed by atoms with Crippen LogP contribution in [0.5, 0.6) is 0 Å². The van der Waals surface area contributed by atoms with Gasteiger partial charge in [0.25, 0.3) is 5.56 Å². The lowest BCUT2D eigenvalue weighted by Gasteiger charge is -2.07. The fraction of sp³-hybridized carbons (Fsp3) is 0.150. The highest BCUT2D eigenvalue weighted by Gasteiger charge is 2.12. The van der Waals surface area contributed by atoms with Crippen molar-refractivity contribution in [2.45, 2.75) is 24.4 Å². The molecule has 0 aliphatic rings. The Bertz CT molecular complexity index is 1180. The predicted octanol–water partition coefficient (Wildman–Crippen LogP) is 4.06. The van der Waals surface area contributed by atoms with Crippen molar-refractivity contribution in [3.8, 4) is 0 Å². The van der Waals surface area contributed by atoms with E-state index in [0.717, 1.165) is 27.3 Å². The van der Waals surface area contributed by atoms with Crippen LogP contribution in [0.1, 0.15) is 11.4 Å². The van der Waals surface area contributed by atoms with E-state index in [0.29, 0.717) is 23.5 Å². The zero-order chi connectivity index (χ0) is 18.1. The number of allylic oxidation sites excluding steroid dienone is 1. The first kappa shape index (κ1) is 16.6. The van der Waals surface area contributed by atoms with Crippen molar-refractivity contribution in [1.29, 1.82) is 0 Å². The van der Waals surface area contributed by atoms with Crippen molar-refractivity contribution >= 4 is 33.7 Å². The largest absolute Gasteiger partial charge is 0.315 e. The van der Waals surface area contributed by atoms with Crippen molar-refractivity contribution in [3.63, 3.8) is 0 Å². The molecule has 2 heterocycles. The summed E-state index contributed by atoms with van der Waals surface area (Å²) in [6.07, 6.45) is 1.86. The second kappa shape index (κ2) is 6.80. The molecule has 2 aromatic carbocycles. The van der Waals surface area contributed by atoms with Crippen molar-refractivity contribution in [2.75, 3.05) is 0 Å². The number of imidazole rings is 1. The number of aromatic amines is 1. The average Bonchev–Trinajstić information content (AvgIpc) is 2.99. The number of aromatic nitrogens is 4. The Morgan fingerprint density at radius 2 is 2.04 bits per heavy atom. The van der Waals surface area contributed by atoms with Gasteiger partial charge in [0.15, 0.2) is 5.16 Å². The first-order valence-corrected chi connectivity index (χ1v) is 9.33. The molecule has 5 nitrogen and oxygen atoms in total. The van der Waals surface area contributed by atoms with E-state index in [1.165, 1.54) is 0 Å². The molecule has 4 rings (SSSR count). The van der Waals surface area contributed by atoms with E-state index in [1.54, 1.807) is 17.8 Å². The third-order valence-electron chi connectivity index (χ3n) is 4.26. The molecule has 0 unspecified atom stereocenters. The third-order valence-corrected chi connectivity index (χ3v) is 5.24. The number of aryl methyl sites for hydroxylation is 1. The van der Waals surface area contributed by atoms with E-state index in [1.807, 2.05) is 43.3 Å². The van der Waals surface area contributed by atoms with Crippen molar-refractivity contribution in [1.82, 2.24) is 19.5 Å². The van der Waals surface area contributed by atoms with Crippen LogP contribution in [0.2, 0.25) is 0 Å². The van der Waals surface area contributed by atoms with Crippen LogP contribution in [-0.4, -0.2) is 19.5 Å². The Morgan fingerprint density at radius 3 is 2.88 bits per heavy atom. The molecule has 4 aromatic rings. The van der Waals surface area contributed by atoms with Crippen LogP contribution in [0.15, 0.2) is 65.1 Å². The van der Waals surface area contributed by atoms with Gasteiger partial charge in [0.1, 0.15) is 5.82 Å². The van der Waals surface area contributed by atoms with Crippen molar-refractivity contribution < 1.29 is 0 Å². The standard InChI is InChI=1S/C20H18N4OS/c1-3-11-24-16-10-5-4-9-15(16)21-20(24)26-12-17-22-18-13(2)7-6-8-14(18)19(25)23-17/h3-10H,1,11-12H2,2H3,(H,22,23,25). The van der Waals surface area contributed by atoms with Crippen LogP contribution >= 0.6 is 11.8 Å². The molecule has 0 saturated carbocycles. The van der Waals surface area contributed by atoms with Gasteiger partial charge in [-0.15, -0.1) is 6.58 Å². The maximum atomic E-state index is 12.3. The number of para-hydroxylation sites is 3. The molecule has 0 bridgehead atoms. The highest BCUT2D eigenvalue weighted by atomic mass is 32.2. The third kappa shape index (κ3) is 2.93. The van der Waals surface area contributed by atoms with E-state index in [4.69, 9.17) is 4.98 Å². The van der Waals surface area contributed by atoms with Crippen molar-refractivity contribution in [3.05, 3.63) is 76.9 Å². The maximum Gasteiger partial charge on any atom is 0.258 e. The van der Waals surface area contributed by atoms with Crippen LogP contribution < -0.4 is 5.56 Å². The predicted molar refractivity (Wildman–Crippen MR) is 107 cm³/mol. The number of fused-ring (bicyclic) bond motifs is 2. The lowest BCUT2D eigenvalue weighted by molar-refractivity contribution is 0.748. The quantitative estimate of drug-likeness (QED) is 0.429. The lowest BCUT2D eigenvalue weighted by Crippen LogP contribution is -2.12. The molecule has 0 amide bonds. The van der Waals surface area contributed by atoms with Gasteiger partial charge < -0.3 is 9.55 Å². The van der Waals surface area contributed by atoms with Crippen LogP contribution in [-0.2, 0) is 12.3 Å². The Hall–Kier alpha value is -2.86. The molecule has 0 aliphatic carbocycles. The van der Waals surface area contributed by atoms with Gasteiger partial charge in [-0.25, -0.2) is 9.97 Å². The SMILES string of the molecule is C=CCn1c(SCc2nc3c(C)cccc3c(=O)[nH]2)nc2ccccc21. The Labute approximate surface area is 154 Å². The van der Waals surface area contributed by atoms with E-state index < -0.39 is 0 Å². The van der Waals surface area contributed by atoms with Gasteiger partial charge in [0.2, 0.25) is 0 Å². The molecule has 130 valence electrons. The summed E-state index contributed by atoms with van der Waals surface area (Å²) in [4.78, 5) is 24.6. The Balaban J connectivity index is 1.69. The first-order valence-electron chi connectivity index (χ1n) is 8.35. The molecule has 0 atom stereocenters. The van der Waals surface area contributed by atoms with Gasteiger partial charge in [-0.3, -0.25) is 4.79 Å². The van der Waals surface area contributed by atoms with E-state index in [2.05, 4.69) is 27.2 Å². The number of hydrogen-bond acceptors (Lipinski definition) is 4. The van der Waals surface area contributed by atoms with Crippen molar-refractivity contribution in [2.24, 2.45) is 0 Å². The normalized spacial score (nSPS) is 11.3. The summed E-state index contributed by atoms with van der Waals surface area (Å²) in [5.41, 5.74) is 3.68. The summed E-state index contributed by atoms with van der Waals surface area (Å²) >= 11 is 1.56. The highest BCUT2D eigenvalue weighted by molar-refractivity contribution is 7.98. The number of thioether (sulfide) groups is 1. The average molecular weight is 362 g/mol. The molecule has 6 heteroatoms. The zero-order valence-electron chi connectivity index (χ0n) is 14.4. The molecular weight excluding hydrogens is 344 g/mol. The molecule has 0 fully saturated rings. The van der Waals surface area contributed by atoms with E-state index in [9.17, 15) is 4.79 Å². The minimum atomic E-state index is -0.103. The number of benzene rings is 2. The molecule has 0 spiro atoms. The summed E-state index contributed by atoms with van der Waals surface area (Å²) in [5, 5.41) is 1.51. The number of hydrogen-bond donors (Lipinski definition) is 1. The van der Waals surface area contributed by atoms with Gasteiger partial charge in [-0.05, 0) is 30.7 Å². The van der Waals surface area contributed by atoms with Gasteiger partial charge in [0.05, 0.1) is 27.7 Å². The van der Waals surface area contributed by atoms with Gasteiger partial charge in [-0.2, -0.15) is 0 Å². The summed E-state index contributed by atoms with van der Waals surface area (Å²) in [6.45, 7) is 6.49. The fourth-order valence-corrected chi connectivity index (χ4v) is 3.92. The topological polar surface area (TPSA) is 63.6 Å². The first-order chi connectivity index (χ1) is 12.7. The Morgan fingerprint density at radius 1 is 1.19 bits per heavy atom. The van der Waals surface area contributed by atoms with E-state index in [-0.39, 0.29) is 5.56 Å². The summed E-state index contributed by atoms with van der Waals surface area (Å²) in [7, 11) is 0. The second-order valence-corrected chi connectivity index (χ2v) is 7.00. The minimum Gasteiger partial charge on any atom is -0.315 e. The Kier molecular flexibility index (Phi) is 4.34. The van der Waals surface area contributed by atoms with Crippen LogP contribution in [0.3, 0.4) is 0 Å². The van der Waals surface area contributed by atoms with Crippen LogP contribution in [0.4, 0.5) is 0 Å². The number of H-pyrrole nitrogens is 1. The second-order valence-electron chi connectivity index (χ2n) is 6.05. The molecule has 1 N–H and O–H groups in total. The number of rotatable bonds is 5. The summed E-state index contributed by atoms with van der Waals surface area (Å²) < 4.78 is 2.12. The molecule has 0 saturated heterocycles. The lowest BCUT2D eigenvalue weighted by atomic mass is 10.1. The number of nitrogens with zero attached hydrogens (tertiary/aromatic N) is 3. The summed E-state index contributed by atoms with van der Waals surface area (Å²) in [5.74, 6) is 1.19. The van der Waals surface area contributed by atoms with Gasteiger partial charge in [-0.1, -0.05) is 42.1 Å². The van der Waals surface area contributed by atoms with Gasteiger partial charge >= 0.3 is 0 Å². The maximum absolute atomic E-state index is 12.3. The van der Waals surface area contributed by atoms with Crippen LogP contribution in [0, 0.1) is 6.92 Å². The minimum absolute atomic E-state index is 0.103. The molecule has 0 radical (unpaired) electrons. The smallest absolute Gasteiger partial charge is 0.258 e. The number of nitrogens with one attached hydrogen (secondary N) is 1. The monoisotopic (exact) mass is 362 g/mol. The van der Waals surface area contributed by atoms with Crippen LogP contribution in [0.25, 0.3) is 21.9 Å².